The Bertz CT molecular complexity index is 1490. The van der Waals surface area contributed by atoms with Crippen molar-refractivity contribution in [1.82, 2.24) is 19.7 Å². The lowest BCUT2D eigenvalue weighted by molar-refractivity contribution is 0.0984. The van der Waals surface area contributed by atoms with Gasteiger partial charge in [0.15, 0.2) is 0 Å². The molecule has 1 amide bonds. The number of anilines is 2. The van der Waals surface area contributed by atoms with Gasteiger partial charge in [-0.2, -0.15) is 0 Å². The summed E-state index contributed by atoms with van der Waals surface area (Å²) in [5.41, 5.74) is 4.02. The Balaban J connectivity index is 1.46. The molecule has 0 aliphatic carbocycles. The largest absolute Gasteiger partial charge is 0.367 e. The first-order chi connectivity index (χ1) is 21.1. The first-order valence-electron chi connectivity index (χ1n) is 16.5. The van der Waals surface area contributed by atoms with Crippen molar-refractivity contribution >= 4 is 29.5 Å². The van der Waals surface area contributed by atoms with Gasteiger partial charge in [0.2, 0.25) is 0 Å². The van der Waals surface area contributed by atoms with Crippen LogP contribution in [0.5, 0.6) is 0 Å². The van der Waals surface area contributed by atoms with Gasteiger partial charge >= 0.3 is 0 Å². The molecule has 7 nitrogen and oxygen atoms in total. The van der Waals surface area contributed by atoms with E-state index in [0.29, 0.717) is 22.8 Å². The number of carbonyl (C=O) groups is 1. The first-order valence-corrected chi connectivity index (χ1v) is 17.3. The van der Waals surface area contributed by atoms with Gasteiger partial charge in [0, 0.05) is 59.5 Å². The van der Waals surface area contributed by atoms with Gasteiger partial charge < -0.3 is 10.2 Å². The lowest BCUT2D eigenvalue weighted by Crippen LogP contribution is -2.40. The number of nitrogens with one attached hydrogen (secondary N) is 2. The first kappa shape index (κ1) is 33.2. The van der Waals surface area contributed by atoms with E-state index in [0.717, 1.165) is 66.7 Å². The summed E-state index contributed by atoms with van der Waals surface area (Å²) in [5.74, 6) is 2.33. The number of fused-ring (bicyclic) bond motifs is 6. The van der Waals surface area contributed by atoms with E-state index < -0.39 is 0 Å². The Morgan fingerprint density at radius 1 is 1.02 bits per heavy atom. The molecule has 5 heterocycles. The van der Waals surface area contributed by atoms with Gasteiger partial charge in [-0.1, -0.05) is 60.6 Å². The fraction of sp³-hybridized carbons (Fsp3) is 0.568. The minimum absolute atomic E-state index is 0.129. The van der Waals surface area contributed by atoms with Crippen LogP contribution in [-0.4, -0.2) is 39.0 Å². The van der Waals surface area contributed by atoms with Crippen molar-refractivity contribution in [3.63, 3.8) is 0 Å². The van der Waals surface area contributed by atoms with Gasteiger partial charge in [-0.3, -0.25) is 14.5 Å². The monoisotopic (exact) mass is 628 g/mol. The summed E-state index contributed by atoms with van der Waals surface area (Å²) in [6.45, 7) is 21.2. The van der Waals surface area contributed by atoms with Crippen LogP contribution in [0.2, 0.25) is 0 Å². The minimum Gasteiger partial charge on any atom is -0.367 e. The van der Waals surface area contributed by atoms with Gasteiger partial charge in [0.1, 0.15) is 16.7 Å². The summed E-state index contributed by atoms with van der Waals surface area (Å²) < 4.78 is 3.06. The molecule has 0 radical (unpaired) electrons. The number of aromatic nitrogens is 3. The highest BCUT2D eigenvalue weighted by molar-refractivity contribution is 7.97. The number of amides is 1. The molecule has 1 saturated heterocycles. The van der Waals surface area contributed by atoms with Gasteiger partial charge in [-0.25, -0.2) is 9.97 Å². The summed E-state index contributed by atoms with van der Waals surface area (Å²) in [4.78, 5) is 31.0. The topological polar surface area (TPSA) is 83.0 Å². The number of nitrogens with zero attached hydrogens (tertiary/aromatic N) is 4. The van der Waals surface area contributed by atoms with Crippen LogP contribution in [-0.2, 0) is 18.3 Å². The molecule has 2 aliphatic heterocycles. The van der Waals surface area contributed by atoms with E-state index in [1.807, 2.05) is 30.3 Å². The predicted octanol–water partition coefficient (Wildman–Crippen LogP) is 8.25. The zero-order chi connectivity index (χ0) is 32.6. The smallest absolute Gasteiger partial charge is 0.265 e. The average molecular weight is 629 g/mol. The number of hydrogen-bond acceptors (Lipinski definition) is 7. The molecule has 8 heteroatoms. The molecule has 0 spiro atoms. The highest BCUT2D eigenvalue weighted by Crippen LogP contribution is 2.42. The van der Waals surface area contributed by atoms with E-state index >= 15 is 0 Å². The van der Waals surface area contributed by atoms with E-state index in [1.54, 1.807) is 0 Å². The molecule has 45 heavy (non-hydrogen) atoms. The molecule has 4 bridgehead atoms. The van der Waals surface area contributed by atoms with Crippen molar-refractivity contribution in [3.8, 4) is 0 Å². The Morgan fingerprint density at radius 2 is 1.80 bits per heavy atom. The van der Waals surface area contributed by atoms with Crippen LogP contribution in [0, 0.1) is 17.3 Å². The molecule has 1 fully saturated rings. The zero-order valence-electron chi connectivity index (χ0n) is 28.7. The van der Waals surface area contributed by atoms with Crippen molar-refractivity contribution in [3.05, 3.63) is 71.2 Å². The molecular formula is C37H52N6OS. The Kier molecular flexibility index (Phi) is 9.55. The maximum absolute atomic E-state index is 13.7. The summed E-state index contributed by atoms with van der Waals surface area (Å²) in [6.07, 6.45) is 7.08. The summed E-state index contributed by atoms with van der Waals surface area (Å²) >= 11 is 1.25. The van der Waals surface area contributed by atoms with Crippen LogP contribution in [0.25, 0.3) is 0 Å². The fourth-order valence-electron chi connectivity index (χ4n) is 6.55. The van der Waals surface area contributed by atoms with Crippen molar-refractivity contribution in [1.29, 1.82) is 0 Å². The summed E-state index contributed by atoms with van der Waals surface area (Å²) in [6, 6.07) is 14.5. The standard InChI is InChI=1S/C37H52N6OS/c1-24-19-28(20-27-14-13-25(22-38-27)17-18-35(2,3)4)39-31-11-10-12-32(41-31)45-42-34(44)29-15-16-30(36(5,6)7)40-33(29)43-23-26(24)21-37(43,8)9/h10-16,22,24,26,28H,17-21,23H2,1-9H3,(H,39,41)(H,42,44). The van der Waals surface area contributed by atoms with Crippen LogP contribution in [0.15, 0.2) is 53.7 Å². The number of carbonyl (C=O) groups excluding carboxylic acids is 1. The van der Waals surface area contributed by atoms with Crippen molar-refractivity contribution in [2.24, 2.45) is 17.3 Å². The molecule has 0 aromatic carbocycles. The van der Waals surface area contributed by atoms with E-state index in [4.69, 9.17) is 15.0 Å². The van der Waals surface area contributed by atoms with Crippen molar-refractivity contribution in [2.45, 2.75) is 116 Å². The molecule has 3 unspecified atom stereocenters. The predicted molar refractivity (Wildman–Crippen MR) is 187 cm³/mol. The minimum atomic E-state index is -0.153. The number of aryl methyl sites for hydroxylation is 1. The normalized spacial score (nSPS) is 22.1. The van der Waals surface area contributed by atoms with Crippen LogP contribution >= 0.6 is 11.9 Å². The third-order valence-corrected chi connectivity index (χ3v) is 10.1. The molecule has 0 saturated carbocycles. The molecule has 3 aromatic heterocycles. The maximum Gasteiger partial charge on any atom is 0.265 e. The summed E-state index contributed by atoms with van der Waals surface area (Å²) in [7, 11) is 0. The highest BCUT2D eigenvalue weighted by Gasteiger charge is 2.43. The fourth-order valence-corrected chi connectivity index (χ4v) is 7.14. The van der Waals surface area contributed by atoms with Crippen molar-refractivity contribution in [2.75, 3.05) is 16.8 Å². The lowest BCUT2D eigenvalue weighted by Gasteiger charge is -2.34. The van der Waals surface area contributed by atoms with Crippen LogP contribution in [0.1, 0.15) is 109 Å². The van der Waals surface area contributed by atoms with Gasteiger partial charge in [-0.15, -0.1) is 0 Å². The average Bonchev–Trinajstić information content (AvgIpc) is 3.29. The SMILES string of the molecule is CC1CC(Cc2ccc(CCC(C)(C)C)cn2)Nc2cccc(n2)SNC(=O)c2ccc(C(C)(C)C)nc2N2CC1CC2(C)C. The molecule has 242 valence electrons. The van der Waals surface area contributed by atoms with Crippen LogP contribution < -0.4 is 14.9 Å². The van der Waals surface area contributed by atoms with E-state index in [2.05, 4.69) is 95.6 Å². The number of hydrogen-bond donors (Lipinski definition) is 2. The molecule has 2 N–H and O–H groups in total. The van der Waals surface area contributed by atoms with Gasteiger partial charge in [-0.05, 0) is 92.7 Å². The zero-order valence-corrected chi connectivity index (χ0v) is 29.5. The second kappa shape index (κ2) is 12.9. The van der Waals surface area contributed by atoms with Crippen LogP contribution in [0.3, 0.4) is 0 Å². The maximum atomic E-state index is 13.7. The number of pyridine rings is 3. The molecular weight excluding hydrogens is 577 g/mol. The van der Waals surface area contributed by atoms with E-state index in [-0.39, 0.29) is 22.9 Å². The van der Waals surface area contributed by atoms with Gasteiger partial charge in [0.25, 0.3) is 5.91 Å². The third-order valence-electron chi connectivity index (χ3n) is 9.34. The lowest BCUT2D eigenvalue weighted by atomic mass is 9.83. The number of rotatable bonds is 4. The second-order valence-corrected chi connectivity index (χ2v) is 16.9. The molecule has 5 rings (SSSR count). The Morgan fingerprint density at radius 3 is 2.49 bits per heavy atom. The second-order valence-electron chi connectivity index (χ2n) is 16.1. The third kappa shape index (κ3) is 8.37. The Hall–Kier alpha value is -3.13. The molecule has 3 aromatic rings. The molecule has 2 aliphatic rings. The van der Waals surface area contributed by atoms with Gasteiger partial charge in [0.05, 0.1) is 5.56 Å². The quantitative estimate of drug-likeness (QED) is 0.282. The van der Waals surface area contributed by atoms with Crippen LogP contribution in [0.4, 0.5) is 11.6 Å². The Labute approximate surface area is 275 Å². The van der Waals surface area contributed by atoms with Crippen molar-refractivity contribution < 1.29 is 4.79 Å². The highest BCUT2D eigenvalue weighted by atomic mass is 32.2. The van der Waals surface area contributed by atoms with E-state index in [9.17, 15) is 4.79 Å². The summed E-state index contributed by atoms with van der Waals surface area (Å²) in [5, 5.41) is 4.49. The van der Waals surface area contributed by atoms with E-state index in [1.165, 1.54) is 17.5 Å². The molecule has 3 atom stereocenters.